The molecule has 1 unspecified atom stereocenters. The van der Waals surface area contributed by atoms with Gasteiger partial charge in [-0.3, -0.25) is 0 Å². The number of methoxy groups -OCH3 is 2. The molecule has 1 aromatic rings. The first-order valence-electron chi connectivity index (χ1n) is 7.58. The van der Waals surface area contributed by atoms with Gasteiger partial charge in [-0.15, -0.1) is 12.5 Å². The molecule has 0 radical (unpaired) electrons. The van der Waals surface area contributed by atoms with Crippen molar-refractivity contribution in [2.75, 3.05) is 14.2 Å². The van der Waals surface area contributed by atoms with Crippen molar-refractivity contribution < 1.29 is 9.47 Å². The molecule has 0 fully saturated rings. The Bertz CT molecular complexity index is 494. The summed E-state index contributed by atoms with van der Waals surface area (Å²) in [4.78, 5) is 0. The van der Waals surface area contributed by atoms with E-state index in [0.29, 0.717) is 0 Å². The van der Waals surface area contributed by atoms with Gasteiger partial charge in [0.2, 0.25) is 0 Å². The van der Waals surface area contributed by atoms with Crippen molar-refractivity contribution in [1.82, 2.24) is 0 Å². The maximum Gasteiger partial charge on any atom is 0.165 e. The lowest BCUT2D eigenvalue weighted by atomic mass is 9.94. The van der Waals surface area contributed by atoms with E-state index >= 15 is 0 Å². The van der Waals surface area contributed by atoms with Crippen LogP contribution >= 0.6 is 0 Å². The maximum absolute atomic E-state index is 5.51. The fourth-order valence-electron chi connectivity index (χ4n) is 2.28. The van der Waals surface area contributed by atoms with Crippen molar-refractivity contribution in [2.24, 2.45) is 0 Å². The molecule has 0 saturated carbocycles. The van der Waals surface area contributed by atoms with Crippen LogP contribution in [-0.4, -0.2) is 14.2 Å². The first kappa shape index (κ1) is 17.2. The Morgan fingerprint density at radius 3 is 2.67 bits per heavy atom. The fourth-order valence-corrected chi connectivity index (χ4v) is 2.28. The Balaban J connectivity index is 2.97. The van der Waals surface area contributed by atoms with Crippen LogP contribution in [0, 0.1) is 11.8 Å². The van der Waals surface area contributed by atoms with Crippen LogP contribution in [0.25, 0.3) is 0 Å². The molecule has 1 aromatic carbocycles. The highest BCUT2D eigenvalue weighted by Gasteiger charge is 2.16. The topological polar surface area (TPSA) is 18.5 Å². The van der Waals surface area contributed by atoms with Crippen molar-refractivity contribution in [2.45, 2.75) is 44.9 Å². The molecule has 21 heavy (non-hydrogen) atoms. The molecule has 114 valence electrons. The molecule has 0 amide bonds. The lowest BCUT2D eigenvalue weighted by molar-refractivity contribution is 0.351. The van der Waals surface area contributed by atoms with Gasteiger partial charge in [0.1, 0.15) is 0 Å². The van der Waals surface area contributed by atoms with E-state index < -0.39 is 0 Å². The molecule has 0 N–H and O–H groups in total. The van der Waals surface area contributed by atoms with Gasteiger partial charge in [0, 0.05) is 12.0 Å². The van der Waals surface area contributed by atoms with E-state index in [4.69, 9.17) is 9.47 Å². The van der Waals surface area contributed by atoms with Crippen molar-refractivity contribution in [3.8, 4) is 23.3 Å². The van der Waals surface area contributed by atoms with E-state index in [1.54, 1.807) is 14.2 Å². The Morgan fingerprint density at radius 2 is 2.05 bits per heavy atom. The molecule has 2 nitrogen and oxygen atoms in total. The molecule has 1 atom stereocenters. The summed E-state index contributed by atoms with van der Waals surface area (Å²) < 4.78 is 10.9. The third-order valence-corrected chi connectivity index (χ3v) is 3.39. The summed E-state index contributed by atoms with van der Waals surface area (Å²) in [5.41, 5.74) is 1.07. The average molecular weight is 286 g/mol. The van der Waals surface area contributed by atoms with Gasteiger partial charge in [0.15, 0.2) is 11.5 Å². The Hall–Kier alpha value is -1.88. The Morgan fingerprint density at radius 1 is 1.24 bits per heavy atom. The van der Waals surface area contributed by atoms with Crippen molar-refractivity contribution in [1.29, 1.82) is 0 Å². The number of benzene rings is 1. The highest BCUT2D eigenvalue weighted by atomic mass is 16.5. The number of para-hydroxylation sites is 1. The molecule has 2 heteroatoms. The lowest BCUT2D eigenvalue weighted by Crippen LogP contribution is -2.01. The van der Waals surface area contributed by atoms with Crippen LogP contribution in [0.4, 0.5) is 0 Å². The number of hydrogen-bond donors (Lipinski definition) is 0. The van der Waals surface area contributed by atoms with E-state index in [1.807, 2.05) is 18.2 Å². The summed E-state index contributed by atoms with van der Waals surface area (Å²) in [6.07, 6.45) is 7.30. The molecule has 0 aliphatic rings. The van der Waals surface area contributed by atoms with Gasteiger partial charge < -0.3 is 9.47 Å². The van der Waals surface area contributed by atoms with Crippen LogP contribution in [0.15, 0.2) is 30.9 Å². The van der Waals surface area contributed by atoms with Crippen LogP contribution in [0.2, 0.25) is 0 Å². The zero-order valence-corrected chi connectivity index (χ0v) is 13.4. The molecule has 0 saturated heterocycles. The molecule has 0 spiro atoms. The summed E-state index contributed by atoms with van der Waals surface area (Å²) in [5, 5.41) is 0. The molecule has 0 bridgehead atoms. The SMILES string of the molecule is C=CCC(C#CCCCCC)c1cccc(OC)c1OC. The van der Waals surface area contributed by atoms with Gasteiger partial charge in [0.05, 0.1) is 20.1 Å². The molecular formula is C19H26O2. The maximum atomic E-state index is 5.51. The first-order valence-corrected chi connectivity index (χ1v) is 7.58. The summed E-state index contributed by atoms with van der Waals surface area (Å²) >= 11 is 0. The monoisotopic (exact) mass is 286 g/mol. The number of rotatable bonds is 8. The van der Waals surface area contributed by atoms with Gasteiger partial charge in [-0.25, -0.2) is 0 Å². The number of unbranched alkanes of at least 4 members (excludes halogenated alkanes) is 3. The van der Waals surface area contributed by atoms with E-state index in [1.165, 1.54) is 19.3 Å². The third kappa shape index (κ3) is 5.19. The number of hydrogen-bond acceptors (Lipinski definition) is 2. The summed E-state index contributed by atoms with van der Waals surface area (Å²) in [6, 6.07) is 5.93. The van der Waals surface area contributed by atoms with Crippen LogP contribution in [0.3, 0.4) is 0 Å². The zero-order valence-electron chi connectivity index (χ0n) is 13.4. The van der Waals surface area contributed by atoms with Crippen molar-refractivity contribution in [3.63, 3.8) is 0 Å². The van der Waals surface area contributed by atoms with E-state index in [0.717, 1.165) is 29.9 Å². The highest BCUT2D eigenvalue weighted by Crippen LogP contribution is 2.36. The lowest BCUT2D eigenvalue weighted by Gasteiger charge is -2.16. The van der Waals surface area contributed by atoms with Gasteiger partial charge >= 0.3 is 0 Å². The summed E-state index contributed by atoms with van der Waals surface area (Å²) in [5.74, 6) is 8.29. The Kier molecular flexibility index (Phi) is 8.12. The minimum atomic E-state index is 0.106. The van der Waals surface area contributed by atoms with Crippen molar-refractivity contribution >= 4 is 0 Å². The molecule has 0 aliphatic carbocycles. The molecule has 0 aromatic heterocycles. The molecule has 1 rings (SSSR count). The van der Waals surface area contributed by atoms with Crippen LogP contribution in [0.1, 0.15) is 50.5 Å². The third-order valence-electron chi connectivity index (χ3n) is 3.39. The summed E-state index contributed by atoms with van der Waals surface area (Å²) in [6.45, 7) is 6.05. The minimum absolute atomic E-state index is 0.106. The van der Waals surface area contributed by atoms with E-state index in [-0.39, 0.29) is 5.92 Å². The van der Waals surface area contributed by atoms with E-state index in [9.17, 15) is 0 Å². The summed E-state index contributed by atoms with van der Waals surface area (Å²) in [7, 11) is 3.32. The van der Waals surface area contributed by atoms with E-state index in [2.05, 4.69) is 31.4 Å². The van der Waals surface area contributed by atoms with Gasteiger partial charge in [-0.1, -0.05) is 43.9 Å². The second-order valence-corrected chi connectivity index (χ2v) is 4.94. The van der Waals surface area contributed by atoms with Gasteiger partial charge in [-0.2, -0.15) is 0 Å². The predicted molar refractivity (Wildman–Crippen MR) is 89.0 cm³/mol. The smallest absolute Gasteiger partial charge is 0.165 e. The van der Waals surface area contributed by atoms with Crippen LogP contribution in [0.5, 0.6) is 11.5 Å². The minimum Gasteiger partial charge on any atom is -0.493 e. The number of ether oxygens (including phenoxy) is 2. The van der Waals surface area contributed by atoms with Crippen LogP contribution in [-0.2, 0) is 0 Å². The zero-order chi connectivity index (χ0) is 15.5. The second-order valence-electron chi connectivity index (χ2n) is 4.94. The fraction of sp³-hybridized carbons (Fsp3) is 0.474. The molecule has 0 aliphatic heterocycles. The Labute approximate surface area is 129 Å². The van der Waals surface area contributed by atoms with Gasteiger partial charge in [-0.05, 0) is 18.9 Å². The largest absolute Gasteiger partial charge is 0.493 e. The van der Waals surface area contributed by atoms with Crippen LogP contribution < -0.4 is 9.47 Å². The average Bonchev–Trinajstić information content (AvgIpc) is 2.52. The molecular weight excluding hydrogens is 260 g/mol. The quantitative estimate of drug-likeness (QED) is 0.382. The first-order chi connectivity index (χ1) is 10.3. The standard InChI is InChI=1S/C19H26O2/c1-5-7-8-9-10-13-16(12-6-2)17-14-11-15-18(20-3)19(17)21-4/h6,11,14-16H,2,5,7-9,12H2,1,3-4H3. The van der Waals surface area contributed by atoms with Gasteiger partial charge in [0.25, 0.3) is 0 Å². The normalized spacial score (nSPS) is 11.2. The molecule has 0 heterocycles. The number of allylic oxidation sites excluding steroid dienone is 1. The predicted octanol–water partition coefficient (Wildman–Crippen LogP) is 4.95. The van der Waals surface area contributed by atoms with Crippen molar-refractivity contribution in [3.05, 3.63) is 36.4 Å². The second kappa shape index (κ2) is 9.94. The highest BCUT2D eigenvalue weighted by molar-refractivity contribution is 5.50.